The van der Waals surface area contributed by atoms with E-state index in [0.717, 1.165) is 11.4 Å². The number of rotatable bonds is 5. The topological polar surface area (TPSA) is 8.17 Å². The van der Waals surface area contributed by atoms with Crippen LogP contribution in [0.5, 0.6) is 0 Å². The third-order valence-corrected chi connectivity index (χ3v) is 13.7. The lowest BCUT2D eigenvalue weighted by atomic mass is 10.0. The fourth-order valence-corrected chi connectivity index (χ4v) is 11.2. The number of benzene rings is 9. The van der Waals surface area contributed by atoms with E-state index in [1.807, 2.05) is 22.7 Å². The lowest BCUT2D eigenvalue weighted by Crippen LogP contribution is -2.10. The van der Waals surface area contributed by atoms with Crippen LogP contribution in [0.25, 0.3) is 89.7 Å². The predicted octanol–water partition coefficient (Wildman–Crippen LogP) is 15.8. The Bertz CT molecular complexity index is 3440. The molecule has 0 fully saturated rings. The standard InChI is InChI=1S/C52H32N2S2/c1-2-13-35-30-37(29-24-33(35)12-1)53(47-20-11-23-50-51(47)42-17-6-10-22-49(42)55-50)36-27-25-34(26-28-36)43-31-38(32-44-41-16-5-9-21-48(41)56-52(43)44)54-45-18-7-3-14-39(45)40-15-4-8-19-46(40)54/h1-32H. The summed E-state index contributed by atoms with van der Waals surface area (Å²) in [6, 6.07) is 71.5. The first-order chi connectivity index (χ1) is 27.8. The number of nitrogens with zero attached hydrogens (tertiary/aromatic N) is 2. The van der Waals surface area contributed by atoms with Crippen LogP contribution >= 0.6 is 22.7 Å². The Morgan fingerprint density at radius 2 is 1.00 bits per heavy atom. The van der Waals surface area contributed by atoms with Crippen LogP contribution in [0.2, 0.25) is 0 Å². The van der Waals surface area contributed by atoms with Gasteiger partial charge in [-0.1, -0.05) is 121 Å². The quantitative estimate of drug-likeness (QED) is 0.170. The molecule has 0 aliphatic carbocycles. The molecule has 0 N–H and O–H groups in total. The summed E-state index contributed by atoms with van der Waals surface area (Å²) < 4.78 is 7.66. The first-order valence-electron chi connectivity index (χ1n) is 19.0. The van der Waals surface area contributed by atoms with Gasteiger partial charge >= 0.3 is 0 Å². The number of fused-ring (bicyclic) bond motifs is 10. The molecule has 9 aromatic carbocycles. The van der Waals surface area contributed by atoms with Crippen molar-refractivity contribution >= 4 is 113 Å². The third-order valence-electron chi connectivity index (χ3n) is 11.4. The Kier molecular flexibility index (Phi) is 7.00. The molecule has 0 saturated heterocycles. The zero-order valence-corrected chi connectivity index (χ0v) is 31.8. The van der Waals surface area contributed by atoms with Crippen LogP contribution < -0.4 is 4.90 Å². The van der Waals surface area contributed by atoms with E-state index in [1.165, 1.54) is 95.4 Å². The van der Waals surface area contributed by atoms with Crippen LogP contribution in [-0.2, 0) is 0 Å². The number of hydrogen-bond donors (Lipinski definition) is 0. The van der Waals surface area contributed by atoms with E-state index in [4.69, 9.17) is 0 Å². The van der Waals surface area contributed by atoms with Crippen molar-refractivity contribution in [2.75, 3.05) is 4.90 Å². The third kappa shape index (κ3) is 4.80. The molecule has 0 aliphatic rings. The van der Waals surface area contributed by atoms with Gasteiger partial charge < -0.3 is 9.47 Å². The number of hydrogen-bond acceptors (Lipinski definition) is 3. The average Bonchev–Trinajstić information content (AvgIpc) is 3.94. The fourth-order valence-electron chi connectivity index (χ4n) is 8.83. The largest absolute Gasteiger partial charge is 0.310 e. The van der Waals surface area contributed by atoms with E-state index in [0.29, 0.717) is 0 Å². The highest BCUT2D eigenvalue weighted by atomic mass is 32.1. The maximum absolute atomic E-state index is 2.45. The first-order valence-corrected chi connectivity index (χ1v) is 20.6. The van der Waals surface area contributed by atoms with Gasteiger partial charge in [0.15, 0.2) is 0 Å². The van der Waals surface area contributed by atoms with E-state index >= 15 is 0 Å². The Morgan fingerprint density at radius 3 is 1.77 bits per heavy atom. The van der Waals surface area contributed by atoms with Gasteiger partial charge in [0.25, 0.3) is 0 Å². The zero-order valence-electron chi connectivity index (χ0n) is 30.2. The summed E-state index contributed by atoms with van der Waals surface area (Å²) >= 11 is 3.75. The molecule has 3 heterocycles. The second-order valence-electron chi connectivity index (χ2n) is 14.5. The summed E-state index contributed by atoms with van der Waals surface area (Å²) in [5, 5.41) is 10.2. The van der Waals surface area contributed by atoms with Crippen molar-refractivity contribution in [1.82, 2.24) is 4.57 Å². The molecule has 0 atom stereocenters. The van der Waals surface area contributed by atoms with Gasteiger partial charge in [-0.05, 0) is 89.1 Å². The number of aromatic nitrogens is 1. The highest BCUT2D eigenvalue weighted by molar-refractivity contribution is 7.26. The van der Waals surface area contributed by atoms with Crippen molar-refractivity contribution in [2.24, 2.45) is 0 Å². The highest BCUT2D eigenvalue weighted by Crippen LogP contribution is 2.47. The maximum atomic E-state index is 2.45. The molecule has 4 heteroatoms. The molecule has 12 rings (SSSR count). The Hall–Kier alpha value is -6.72. The Labute approximate surface area is 331 Å². The van der Waals surface area contributed by atoms with Crippen LogP contribution in [0, 0.1) is 0 Å². The monoisotopic (exact) mass is 748 g/mol. The molecule has 2 nitrogen and oxygen atoms in total. The van der Waals surface area contributed by atoms with Gasteiger partial charge in [-0.25, -0.2) is 0 Å². The van der Waals surface area contributed by atoms with Crippen molar-refractivity contribution in [2.45, 2.75) is 0 Å². The van der Waals surface area contributed by atoms with E-state index in [9.17, 15) is 0 Å². The summed E-state index contributed by atoms with van der Waals surface area (Å²) in [4.78, 5) is 2.45. The molecule has 0 unspecified atom stereocenters. The van der Waals surface area contributed by atoms with Crippen molar-refractivity contribution < 1.29 is 0 Å². The summed E-state index contributed by atoms with van der Waals surface area (Å²) in [5.74, 6) is 0. The molecule has 12 aromatic rings. The van der Waals surface area contributed by atoms with Crippen LogP contribution in [0.1, 0.15) is 0 Å². The smallest absolute Gasteiger partial charge is 0.0554 e. The Morgan fingerprint density at radius 1 is 0.393 bits per heavy atom. The van der Waals surface area contributed by atoms with Gasteiger partial charge in [0, 0.05) is 73.7 Å². The molecule has 0 spiro atoms. The summed E-state index contributed by atoms with van der Waals surface area (Å²) in [5.41, 5.74) is 9.50. The average molecular weight is 749 g/mol. The molecule has 0 saturated carbocycles. The minimum absolute atomic E-state index is 1.12. The number of thiophene rings is 2. The lowest BCUT2D eigenvalue weighted by molar-refractivity contribution is 1.19. The second-order valence-corrected chi connectivity index (χ2v) is 16.6. The predicted molar refractivity (Wildman–Crippen MR) is 244 cm³/mol. The zero-order chi connectivity index (χ0) is 36.7. The van der Waals surface area contributed by atoms with Crippen LogP contribution in [0.15, 0.2) is 194 Å². The van der Waals surface area contributed by atoms with E-state index in [2.05, 4.69) is 204 Å². The van der Waals surface area contributed by atoms with Crippen LogP contribution in [0.3, 0.4) is 0 Å². The van der Waals surface area contributed by atoms with E-state index in [1.54, 1.807) is 0 Å². The SMILES string of the molecule is c1ccc2cc(N(c3ccc(-c4cc(-n5c6ccccc6c6ccccc65)cc5c4sc4ccccc45)cc3)c3cccc4sc5ccccc5c34)ccc2c1. The molecular weight excluding hydrogens is 717 g/mol. The van der Waals surface area contributed by atoms with Gasteiger partial charge in [-0.3, -0.25) is 0 Å². The lowest BCUT2D eigenvalue weighted by Gasteiger charge is -2.27. The van der Waals surface area contributed by atoms with Crippen molar-refractivity contribution in [3.05, 3.63) is 194 Å². The second kappa shape index (κ2) is 12.4. The molecule has 3 aromatic heterocycles. The summed E-state index contributed by atoms with van der Waals surface area (Å²) in [7, 11) is 0. The van der Waals surface area contributed by atoms with Crippen molar-refractivity contribution in [1.29, 1.82) is 0 Å². The van der Waals surface area contributed by atoms with Crippen LogP contribution in [-0.4, -0.2) is 4.57 Å². The molecule has 0 amide bonds. The molecule has 0 bridgehead atoms. The van der Waals surface area contributed by atoms with Crippen molar-refractivity contribution in [3.63, 3.8) is 0 Å². The maximum Gasteiger partial charge on any atom is 0.0554 e. The van der Waals surface area contributed by atoms with Gasteiger partial charge in [-0.2, -0.15) is 0 Å². The minimum atomic E-state index is 1.12. The first kappa shape index (κ1) is 31.6. The van der Waals surface area contributed by atoms with E-state index < -0.39 is 0 Å². The molecule has 0 aliphatic heterocycles. The minimum Gasteiger partial charge on any atom is -0.310 e. The van der Waals surface area contributed by atoms with Gasteiger partial charge in [0.1, 0.15) is 0 Å². The van der Waals surface area contributed by atoms with Gasteiger partial charge in [0.2, 0.25) is 0 Å². The molecule has 56 heavy (non-hydrogen) atoms. The summed E-state index contributed by atoms with van der Waals surface area (Å²) in [6.07, 6.45) is 0. The van der Waals surface area contributed by atoms with Crippen LogP contribution in [0.4, 0.5) is 17.1 Å². The fraction of sp³-hybridized carbons (Fsp3) is 0. The number of para-hydroxylation sites is 2. The molecular formula is C52H32N2S2. The molecule has 0 radical (unpaired) electrons. The number of anilines is 3. The summed E-state index contributed by atoms with van der Waals surface area (Å²) in [6.45, 7) is 0. The van der Waals surface area contributed by atoms with Crippen molar-refractivity contribution in [3.8, 4) is 16.8 Å². The van der Waals surface area contributed by atoms with Gasteiger partial charge in [-0.15, -0.1) is 22.7 Å². The normalized spacial score (nSPS) is 11.9. The molecule has 262 valence electrons. The Balaban J connectivity index is 1.08. The highest BCUT2D eigenvalue weighted by Gasteiger charge is 2.21. The van der Waals surface area contributed by atoms with Gasteiger partial charge in [0.05, 0.1) is 16.7 Å². The van der Waals surface area contributed by atoms with E-state index in [-0.39, 0.29) is 0 Å².